The second kappa shape index (κ2) is 11.2. The largest absolute Gasteiger partial charge is 0.490 e. The highest BCUT2D eigenvalue weighted by atomic mass is 33.1. The second-order valence-corrected chi connectivity index (χ2v) is 8.69. The lowest BCUT2D eigenvalue weighted by Gasteiger charge is -2.08. The van der Waals surface area contributed by atoms with E-state index in [9.17, 15) is 0 Å². The minimum Gasteiger partial charge on any atom is -0.490 e. The first-order valence-electron chi connectivity index (χ1n) is 8.77. The van der Waals surface area contributed by atoms with Crippen molar-refractivity contribution in [3.63, 3.8) is 0 Å². The lowest BCUT2D eigenvalue weighted by Crippen LogP contribution is -2.02. The van der Waals surface area contributed by atoms with Crippen LogP contribution < -0.4 is 9.47 Å². The van der Waals surface area contributed by atoms with Crippen LogP contribution in [-0.2, 0) is 0 Å². The van der Waals surface area contributed by atoms with Crippen LogP contribution in [0.1, 0.15) is 40.5 Å². The summed E-state index contributed by atoms with van der Waals surface area (Å²) in [6, 6.07) is 0. The molecule has 0 bridgehead atoms. The summed E-state index contributed by atoms with van der Waals surface area (Å²) in [4.78, 5) is 17.2. The average molecular weight is 395 g/mol. The average Bonchev–Trinajstić information content (AvgIpc) is 2.61. The third-order valence-electron chi connectivity index (χ3n) is 3.33. The highest BCUT2D eigenvalue weighted by Crippen LogP contribution is 2.33. The Kier molecular flexibility index (Phi) is 8.97. The van der Waals surface area contributed by atoms with Crippen molar-refractivity contribution in [3.05, 3.63) is 24.8 Å². The molecule has 0 unspecified atom stereocenters. The molecule has 26 heavy (non-hydrogen) atoms. The van der Waals surface area contributed by atoms with Crippen LogP contribution in [-0.4, -0.2) is 33.1 Å². The van der Waals surface area contributed by atoms with Gasteiger partial charge in [0, 0.05) is 0 Å². The van der Waals surface area contributed by atoms with Gasteiger partial charge in [-0.05, 0) is 46.3 Å². The van der Waals surface area contributed by atoms with E-state index < -0.39 is 0 Å². The first-order valence-corrected chi connectivity index (χ1v) is 10.9. The summed E-state index contributed by atoms with van der Waals surface area (Å²) < 4.78 is 11.2. The van der Waals surface area contributed by atoms with Gasteiger partial charge in [0.15, 0.2) is 21.8 Å². The SMILES string of the molecule is CC(C)CCOc1cnc(SSc2ncc(OCCC(C)C)cn2)nc1. The van der Waals surface area contributed by atoms with Crippen LogP contribution >= 0.6 is 21.6 Å². The lowest BCUT2D eigenvalue weighted by molar-refractivity contribution is 0.286. The highest BCUT2D eigenvalue weighted by molar-refractivity contribution is 8.76. The predicted molar refractivity (Wildman–Crippen MR) is 106 cm³/mol. The molecule has 0 atom stereocenters. The molecule has 0 spiro atoms. The van der Waals surface area contributed by atoms with Crippen LogP contribution in [0.3, 0.4) is 0 Å². The maximum atomic E-state index is 5.61. The maximum Gasteiger partial charge on any atom is 0.199 e. The second-order valence-electron chi connectivity index (χ2n) is 6.63. The molecule has 6 nitrogen and oxygen atoms in total. The van der Waals surface area contributed by atoms with Gasteiger partial charge in [-0.25, -0.2) is 19.9 Å². The Morgan fingerprint density at radius 3 is 1.35 bits per heavy atom. The Balaban J connectivity index is 1.74. The first-order chi connectivity index (χ1) is 12.5. The lowest BCUT2D eigenvalue weighted by atomic mass is 10.1. The molecule has 0 aliphatic carbocycles. The van der Waals surface area contributed by atoms with Crippen LogP contribution in [0.5, 0.6) is 11.5 Å². The van der Waals surface area contributed by atoms with Gasteiger partial charge in [-0.15, -0.1) is 0 Å². The van der Waals surface area contributed by atoms with Crippen molar-refractivity contribution in [1.82, 2.24) is 19.9 Å². The third kappa shape index (κ3) is 8.23. The summed E-state index contributed by atoms with van der Waals surface area (Å²) in [5, 5.41) is 1.29. The van der Waals surface area contributed by atoms with E-state index in [2.05, 4.69) is 47.6 Å². The minimum atomic E-state index is 0.620. The topological polar surface area (TPSA) is 70.0 Å². The van der Waals surface area contributed by atoms with Gasteiger partial charge < -0.3 is 9.47 Å². The predicted octanol–water partition coefficient (Wildman–Crippen LogP) is 4.92. The monoisotopic (exact) mass is 394 g/mol. The molecule has 0 aliphatic heterocycles. The molecule has 0 aliphatic rings. The molecule has 0 radical (unpaired) electrons. The first kappa shape index (κ1) is 20.8. The van der Waals surface area contributed by atoms with E-state index in [4.69, 9.17) is 9.47 Å². The summed E-state index contributed by atoms with van der Waals surface area (Å²) in [5.74, 6) is 2.63. The molecule has 0 aromatic carbocycles. The van der Waals surface area contributed by atoms with Gasteiger partial charge in [-0.3, -0.25) is 0 Å². The molecule has 142 valence electrons. The molecule has 2 aromatic heterocycles. The van der Waals surface area contributed by atoms with Gasteiger partial charge >= 0.3 is 0 Å². The molecule has 2 rings (SSSR count). The summed E-state index contributed by atoms with van der Waals surface area (Å²) in [6.45, 7) is 10.0. The van der Waals surface area contributed by atoms with Crippen LogP contribution in [0.4, 0.5) is 0 Å². The quantitative estimate of drug-likeness (QED) is 0.393. The van der Waals surface area contributed by atoms with Gasteiger partial charge in [0.25, 0.3) is 0 Å². The zero-order chi connectivity index (χ0) is 18.8. The molecule has 2 aromatic rings. The van der Waals surface area contributed by atoms with E-state index in [1.807, 2.05) is 0 Å². The summed E-state index contributed by atoms with van der Waals surface area (Å²) in [7, 11) is 2.82. The number of hydrogen-bond acceptors (Lipinski definition) is 8. The molecular weight excluding hydrogens is 368 g/mol. The van der Waals surface area contributed by atoms with E-state index in [0.29, 0.717) is 46.9 Å². The Labute approximate surface area is 163 Å². The van der Waals surface area contributed by atoms with Crippen LogP contribution in [0, 0.1) is 11.8 Å². The zero-order valence-corrected chi connectivity index (χ0v) is 17.3. The van der Waals surface area contributed by atoms with Crippen LogP contribution in [0.25, 0.3) is 0 Å². The number of rotatable bonds is 11. The van der Waals surface area contributed by atoms with Crippen molar-refractivity contribution in [2.45, 2.75) is 50.8 Å². The molecule has 0 saturated carbocycles. The van der Waals surface area contributed by atoms with Crippen LogP contribution in [0.2, 0.25) is 0 Å². The number of nitrogens with zero attached hydrogens (tertiary/aromatic N) is 4. The van der Waals surface area contributed by atoms with E-state index in [1.54, 1.807) is 24.8 Å². The Bertz CT molecular complexity index is 579. The minimum absolute atomic E-state index is 0.620. The van der Waals surface area contributed by atoms with Crippen molar-refractivity contribution in [1.29, 1.82) is 0 Å². The van der Waals surface area contributed by atoms with Crippen molar-refractivity contribution in [3.8, 4) is 11.5 Å². The third-order valence-corrected chi connectivity index (χ3v) is 5.28. The molecule has 0 fully saturated rings. The molecular formula is C18H26N4O2S2. The van der Waals surface area contributed by atoms with E-state index >= 15 is 0 Å². The highest BCUT2D eigenvalue weighted by Gasteiger charge is 2.05. The molecule has 0 amide bonds. The van der Waals surface area contributed by atoms with Gasteiger partial charge in [-0.2, -0.15) is 0 Å². The standard InChI is InChI=1S/C18H26N4O2S2/c1-13(2)5-7-23-15-9-19-17(20-10-15)25-26-18-21-11-16(12-22-18)24-8-6-14(3)4/h9-14H,5-8H2,1-4H3. The Hall–Kier alpha value is -1.54. The van der Waals surface area contributed by atoms with E-state index in [0.717, 1.165) is 12.8 Å². The maximum absolute atomic E-state index is 5.61. The van der Waals surface area contributed by atoms with Gasteiger partial charge in [0.2, 0.25) is 0 Å². The normalized spacial score (nSPS) is 11.2. The summed E-state index contributed by atoms with van der Waals surface area (Å²) in [6.07, 6.45) is 8.82. The Morgan fingerprint density at radius 2 is 1.04 bits per heavy atom. The van der Waals surface area contributed by atoms with Crippen molar-refractivity contribution >= 4 is 21.6 Å². The van der Waals surface area contributed by atoms with Crippen molar-refractivity contribution < 1.29 is 9.47 Å². The smallest absolute Gasteiger partial charge is 0.199 e. The number of aromatic nitrogens is 4. The summed E-state index contributed by atoms with van der Waals surface area (Å²) in [5.41, 5.74) is 0. The van der Waals surface area contributed by atoms with Crippen molar-refractivity contribution in [2.24, 2.45) is 11.8 Å². The summed E-state index contributed by atoms with van der Waals surface area (Å²) >= 11 is 0. The number of hydrogen-bond donors (Lipinski definition) is 0. The van der Waals surface area contributed by atoms with Gasteiger partial charge in [0.05, 0.1) is 38.0 Å². The van der Waals surface area contributed by atoms with E-state index in [-0.39, 0.29) is 0 Å². The van der Waals surface area contributed by atoms with Crippen LogP contribution in [0.15, 0.2) is 35.1 Å². The molecule has 0 saturated heterocycles. The zero-order valence-electron chi connectivity index (χ0n) is 15.7. The number of ether oxygens (including phenoxy) is 2. The van der Waals surface area contributed by atoms with Crippen molar-refractivity contribution in [2.75, 3.05) is 13.2 Å². The van der Waals surface area contributed by atoms with Gasteiger partial charge in [0.1, 0.15) is 0 Å². The fourth-order valence-electron chi connectivity index (χ4n) is 1.74. The van der Waals surface area contributed by atoms with Gasteiger partial charge in [-0.1, -0.05) is 27.7 Å². The fraction of sp³-hybridized carbons (Fsp3) is 0.556. The fourth-order valence-corrected chi connectivity index (χ4v) is 3.24. The Morgan fingerprint density at radius 1 is 0.692 bits per heavy atom. The molecule has 8 heteroatoms. The molecule has 2 heterocycles. The van der Waals surface area contributed by atoms with E-state index in [1.165, 1.54) is 21.6 Å². The molecule has 0 N–H and O–H groups in total.